The molecule has 0 saturated heterocycles. The number of aryl methyl sites for hydroxylation is 1. The van der Waals surface area contributed by atoms with Crippen LogP contribution in [0.25, 0.3) is 21.5 Å². The van der Waals surface area contributed by atoms with E-state index in [0.717, 1.165) is 23.4 Å². The molecule has 1 amide bonds. The molecule has 4 aromatic rings. The Bertz CT molecular complexity index is 1060. The minimum absolute atomic E-state index is 0.133. The van der Waals surface area contributed by atoms with Crippen LogP contribution < -0.4 is 5.32 Å². The number of aromatic nitrogens is 2. The number of nitrogens with one attached hydrogen (secondary N) is 1. The van der Waals surface area contributed by atoms with E-state index >= 15 is 0 Å². The zero-order valence-electron chi connectivity index (χ0n) is 14.3. The second-order valence-electron chi connectivity index (χ2n) is 5.99. The molecule has 7 heteroatoms. The second-order valence-corrected chi connectivity index (χ2v) is 7.11. The van der Waals surface area contributed by atoms with Crippen LogP contribution in [0.5, 0.6) is 0 Å². The van der Waals surface area contributed by atoms with Crippen LogP contribution in [0, 0.1) is 5.82 Å². The van der Waals surface area contributed by atoms with E-state index in [4.69, 9.17) is 4.52 Å². The van der Waals surface area contributed by atoms with Crippen molar-refractivity contribution in [1.82, 2.24) is 15.5 Å². The highest BCUT2D eigenvalue weighted by atomic mass is 32.1. The van der Waals surface area contributed by atoms with Gasteiger partial charge in [-0.05, 0) is 30.7 Å². The molecule has 0 aliphatic heterocycles. The minimum atomic E-state index is -0.420. The van der Waals surface area contributed by atoms with Crippen molar-refractivity contribution in [3.05, 3.63) is 71.1 Å². The van der Waals surface area contributed by atoms with Gasteiger partial charge in [-0.3, -0.25) is 4.79 Å². The number of amides is 1. The van der Waals surface area contributed by atoms with Crippen molar-refractivity contribution in [3.8, 4) is 11.3 Å². The van der Waals surface area contributed by atoms with Crippen molar-refractivity contribution in [2.45, 2.75) is 12.8 Å². The zero-order valence-corrected chi connectivity index (χ0v) is 15.1. The number of rotatable bonds is 6. The first kappa shape index (κ1) is 17.4. The van der Waals surface area contributed by atoms with Crippen LogP contribution in [0.15, 0.2) is 59.1 Å². The number of benzene rings is 2. The quantitative estimate of drug-likeness (QED) is 0.501. The molecule has 5 nitrogen and oxygen atoms in total. The second kappa shape index (κ2) is 7.67. The Morgan fingerprint density at radius 1 is 1.15 bits per heavy atom. The molecule has 136 valence electrons. The van der Waals surface area contributed by atoms with Gasteiger partial charge in [0.2, 0.25) is 0 Å². The number of fused-ring (bicyclic) bond motifs is 1. The standard InChI is InChI=1S/C20H16FN3O2S/c21-14-7-2-1-6-13(14)17-12-16(24-26-17)20(25)22-11-5-10-19-23-15-8-3-4-9-18(15)27-19/h1-4,6-9,12H,5,10-11H2,(H,22,25). The number of hydrogen-bond donors (Lipinski definition) is 1. The molecule has 0 atom stereocenters. The maximum absolute atomic E-state index is 13.8. The van der Waals surface area contributed by atoms with Crippen LogP contribution in [0.3, 0.4) is 0 Å². The Morgan fingerprint density at radius 3 is 2.81 bits per heavy atom. The van der Waals surface area contributed by atoms with Gasteiger partial charge in [-0.1, -0.05) is 29.4 Å². The first-order valence-electron chi connectivity index (χ1n) is 8.55. The summed E-state index contributed by atoms with van der Waals surface area (Å²) < 4.78 is 20.0. The highest BCUT2D eigenvalue weighted by Crippen LogP contribution is 2.24. The summed E-state index contributed by atoms with van der Waals surface area (Å²) in [6, 6.07) is 15.7. The molecule has 1 N–H and O–H groups in total. The molecular weight excluding hydrogens is 365 g/mol. The fourth-order valence-corrected chi connectivity index (χ4v) is 3.74. The Morgan fingerprint density at radius 2 is 1.96 bits per heavy atom. The summed E-state index contributed by atoms with van der Waals surface area (Å²) in [5.74, 6) is -0.533. The average Bonchev–Trinajstić information content (AvgIpc) is 3.32. The highest BCUT2D eigenvalue weighted by molar-refractivity contribution is 7.18. The summed E-state index contributed by atoms with van der Waals surface area (Å²) in [4.78, 5) is 16.8. The van der Waals surface area contributed by atoms with E-state index in [1.807, 2.05) is 18.2 Å². The maximum Gasteiger partial charge on any atom is 0.273 e. The van der Waals surface area contributed by atoms with Crippen molar-refractivity contribution < 1.29 is 13.7 Å². The van der Waals surface area contributed by atoms with E-state index < -0.39 is 5.82 Å². The smallest absolute Gasteiger partial charge is 0.273 e. The lowest BCUT2D eigenvalue weighted by atomic mass is 10.1. The molecular formula is C20H16FN3O2S. The Labute approximate surface area is 158 Å². The summed E-state index contributed by atoms with van der Waals surface area (Å²) in [6.07, 6.45) is 1.56. The minimum Gasteiger partial charge on any atom is -0.355 e. The van der Waals surface area contributed by atoms with E-state index in [1.54, 1.807) is 29.5 Å². The molecule has 2 heterocycles. The number of halogens is 1. The molecule has 0 fully saturated rings. The van der Waals surface area contributed by atoms with Gasteiger partial charge >= 0.3 is 0 Å². The molecule has 0 unspecified atom stereocenters. The number of carbonyl (C=O) groups is 1. The summed E-state index contributed by atoms with van der Waals surface area (Å²) in [6.45, 7) is 0.497. The molecule has 2 aromatic carbocycles. The molecule has 27 heavy (non-hydrogen) atoms. The highest BCUT2D eigenvalue weighted by Gasteiger charge is 2.15. The molecule has 2 aromatic heterocycles. The molecule has 0 spiro atoms. The van der Waals surface area contributed by atoms with Crippen LogP contribution >= 0.6 is 11.3 Å². The number of nitrogens with zero attached hydrogens (tertiary/aromatic N) is 2. The molecule has 0 aliphatic carbocycles. The summed E-state index contributed by atoms with van der Waals surface area (Å²) in [5, 5.41) is 7.59. The fourth-order valence-electron chi connectivity index (χ4n) is 2.73. The van der Waals surface area contributed by atoms with Gasteiger partial charge < -0.3 is 9.84 Å². The van der Waals surface area contributed by atoms with Gasteiger partial charge in [0.15, 0.2) is 11.5 Å². The molecule has 4 rings (SSSR count). The normalized spacial score (nSPS) is 11.0. The van der Waals surface area contributed by atoms with Crippen LogP contribution in [0.4, 0.5) is 4.39 Å². The largest absolute Gasteiger partial charge is 0.355 e. The van der Waals surface area contributed by atoms with Gasteiger partial charge in [-0.15, -0.1) is 11.3 Å². The number of hydrogen-bond acceptors (Lipinski definition) is 5. The monoisotopic (exact) mass is 381 g/mol. The van der Waals surface area contributed by atoms with Crippen LogP contribution in [0.1, 0.15) is 21.9 Å². The topological polar surface area (TPSA) is 68.0 Å². The van der Waals surface area contributed by atoms with Gasteiger partial charge in [0.1, 0.15) is 5.82 Å². The van der Waals surface area contributed by atoms with E-state index in [9.17, 15) is 9.18 Å². The Hall–Kier alpha value is -3.06. The van der Waals surface area contributed by atoms with Crippen LogP contribution in [0.2, 0.25) is 0 Å². The summed E-state index contributed by atoms with van der Waals surface area (Å²) >= 11 is 1.67. The zero-order chi connectivity index (χ0) is 18.6. The Balaban J connectivity index is 1.31. The van der Waals surface area contributed by atoms with E-state index in [2.05, 4.69) is 21.5 Å². The van der Waals surface area contributed by atoms with Crippen LogP contribution in [-0.2, 0) is 6.42 Å². The van der Waals surface area contributed by atoms with Gasteiger partial charge in [-0.2, -0.15) is 0 Å². The van der Waals surface area contributed by atoms with Crippen molar-refractivity contribution >= 4 is 27.5 Å². The van der Waals surface area contributed by atoms with Gasteiger partial charge in [0.25, 0.3) is 5.91 Å². The van der Waals surface area contributed by atoms with E-state index in [1.165, 1.54) is 16.8 Å². The number of carbonyl (C=O) groups excluding carboxylic acids is 1. The van der Waals surface area contributed by atoms with Crippen molar-refractivity contribution in [2.24, 2.45) is 0 Å². The maximum atomic E-state index is 13.8. The van der Waals surface area contributed by atoms with E-state index in [0.29, 0.717) is 6.54 Å². The summed E-state index contributed by atoms with van der Waals surface area (Å²) in [5.41, 5.74) is 1.41. The fraction of sp³-hybridized carbons (Fsp3) is 0.150. The predicted octanol–water partition coefficient (Wildman–Crippen LogP) is 4.45. The Kier molecular flexibility index (Phi) is 4.93. The lowest BCUT2D eigenvalue weighted by Gasteiger charge is -2.01. The molecule has 0 radical (unpaired) electrons. The molecule has 0 saturated carbocycles. The first-order valence-corrected chi connectivity index (χ1v) is 9.36. The lowest BCUT2D eigenvalue weighted by Crippen LogP contribution is -2.25. The van der Waals surface area contributed by atoms with Crippen molar-refractivity contribution in [2.75, 3.05) is 6.54 Å². The van der Waals surface area contributed by atoms with Gasteiger partial charge in [0.05, 0.1) is 20.8 Å². The summed E-state index contributed by atoms with van der Waals surface area (Å²) in [7, 11) is 0. The molecule has 0 aliphatic rings. The third-order valence-electron chi connectivity index (χ3n) is 4.07. The molecule has 0 bridgehead atoms. The van der Waals surface area contributed by atoms with Crippen molar-refractivity contribution in [3.63, 3.8) is 0 Å². The third-order valence-corrected chi connectivity index (χ3v) is 5.17. The average molecular weight is 381 g/mol. The predicted molar refractivity (Wildman–Crippen MR) is 102 cm³/mol. The van der Waals surface area contributed by atoms with Crippen LogP contribution in [-0.4, -0.2) is 22.6 Å². The number of thiazole rings is 1. The van der Waals surface area contributed by atoms with Gasteiger partial charge in [0, 0.05) is 19.0 Å². The first-order chi connectivity index (χ1) is 13.2. The number of para-hydroxylation sites is 1. The SMILES string of the molecule is O=C(NCCCc1nc2ccccc2s1)c1cc(-c2ccccc2F)on1. The third kappa shape index (κ3) is 3.88. The van der Waals surface area contributed by atoms with Gasteiger partial charge in [-0.25, -0.2) is 9.37 Å². The van der Waals surface area contributed by atoms with E-state index in [-0.39, 0.29) is 22.9 Å². The van der Waals surface area contributed by atoms with Crippen molar-refractivity contribution in [1.29, 1.82) is 0 Å². The lowest BCUT2D eigenvalue weighted by molar-refractivity contribution is 0.0944.